The average molecular weight is 323 g/mol. The van der Waals surface area contributed by atoms with Crippen LogP contribution in [0.1, 0.15) is 22.2 Å². The van der Waals surface area contributed by atoms with Gasteiger partial charge in [0, 0.05) is 43.0 Å². The second kappa shape index (κ2) is 7.08. The van der Waals surface area contributed by atoms with Gasteiger partial charge in [0.2, 0.25) is 5.91 Å². The Hall–Kier alpha value is -0.950. The minimum absolute atomic E-state index is 0.0189. The molecular formula is C16H25N3O2S. The summed E-state index contributed by atoms with van der Waals surface area (Å²) in [6, 6.07) is 4.72. The number of thiophene rings is 1. The summed E-state index contributed by atoms with van der Waals surface area (Å²) in [5, 5.41) is 3.50. The first-order valence-electron chi connectivity index (χ1n) is 8.01. The molecule has 2 fully saturated rings. The van der Waals surface area contributed by atoms with Gasteiger partial charge in [-0.3, -0.25) is 9.69 Å². The fourth-order valence-electron chi connectivity index (χ4n) is 3.20. The van der Waals surface area contributed by atoms with E-state index in [1.165, 1.54) is 9.75 Å². The number of nitrogens with one attached hydrogen (secondary N) is 1. The molecule has 2 aliphatic rings. The molecule has 1 aromatic rings. The molecule has 22 heavy (non-hydrogen) atoms. The van der Waals surface area contributed by atoms with Gasteiger partial charge in [0.25, 0.3) is 0 Å². The summed E-state index contributed by atoms with van der Waals surface area (Å²) < 4.78 is 5.48. The number of amides is 1. The van der Waals surface area contributed by atoms with Crippen LogP contribution in [0, 0.1) is 6.92 Å². The van der Waals surface area contributed by atoms with Gasteiger partial charge >= 0.3 is 0 Å². The molecule has 3 rings (SSSR count). The van der Waals surface area contributed by atoms with E-state index in [4.69, 9.17) is 4.74 Å². The lowest BCUT2D eigenvalue weighted by Gasteiger charge is -2.34. The Morgan fingerprint density at radius 1 is 1.36 bits per heavy atom. The number of nitrogens with zero attached hydrogens (tertiary/aromatic N) is 2. The maximum absolute atomic E-state index is 12.1. The molecule has 0 spiro atoms. The van der Waals surface area contributed by atoms with E-state index in [0.717, 1.165) is 45.8 Å². The number of carbonyl (C=O) groups excluding carboxylic acids is 1. The van der Waals surface area contributed by atoms with Crippen LogP contribution in [0.3, 0.4) is 0 Å². The van der Waals surface area contributed by atoms with Crippen molar-refractivity contribution >= 4 is 17.2 Å². The normalized spacial score (nSPS) is 24.9. The van der Waals surface area contributed by atoms with Gasteiger partial charge in [-0.2, -0.15) is 0 Å². The second-order valence-electron chi connectivity index (χ2n) is 6.12. The molecule has 1 N–H and O–H groups in total. The van der Waals surface area contributed by atoms with E-state index >= 15 is 0 Å². The first kappa shape index (κ1) is 15.9. The quantitative estimate of drug-likeness (QED) is 0.886. The Balaban J connectivity index is 1.67. The molecule has 2 saturated heterocycles. The van der Waals surface area contributed by atoms with Crippen molar-refractivity contribution in [1.82, 2.24) is 15.1 Å². The van der Waals surface area contributed by atoms with Gasteiger partial charge in [-0.05, 0) is 25.5 Å². The number of aryl methyl sites for hydroxylation is 1. The fraction of sp³-hybridized carbons (Fsp3) is 0.688. The highest BCUT2D eigenvalue weighted by atomic mass is 32.1. The van der Waals surface area contributed by atoms with Crippen LogP contribution in [0.15, 0.2) is 12.1 Å². The van der Waals surface area contributed by atoms with Crippen LogP contribution in [-0.4, -0.2) is 68.2 Å². The van der Waals surface area contributed by atoms with Gasteiger partial charge in [0.1, 0.15) is 0 Å². The van der Waals surface area contributed by atoms with E-state index in [-0.39, 0.29) is 11.9 Å². The van der Waals surface area contributed by atoms with Crippen molar-refractivity contribution in [3.05, 3.63) is 21.9 Å². The lowest BCUT2D eigenvalue weighted by molar-refractivity contribution is -0.128. The molecule has 122 valence electrons. The number of ether oxygens (including phenoxy) is 1. The highest BCUT2D eigenvalue weighted by Crippen LogP contribution is 2.28. The molecule has 6 heteroatoms. The number of rotatable bonds is 5. The summed E-state index contributed by atoms with van der Waals surface area (Å²) >= 11 is 1.86. The molecular weight excluding hydrogens is 298 g/mol. The van der Waals surface area contributed by atoms with Gasteiger partial charge in [0.15, 0.2) is 0 Å². The summed E-state index contributed by atoms with van der Waals surface area (Å²) in [6.07, 6.45) is 0.911. The van der Waals surface area contributed by atoms with Gasteiger partial charge in [-0.15, -0.1) is 11.3 Å². The average Bonchev–Trinajstić information content (AvgIpc) is 3.09. The lowest BCUT2D eigenvalue weighted by atomic mass is 10.1. The van der Waals surface area contributed by atoms with Crippen LogP contribution < -0.4 is 5.32 Å². The highest BCUT2D eigenvalue weighted by molar-refractivity contribution is 7.12. The Kier molecular flexibility index (Phi) is 5.13. The van der Waals surface area contributed by atoms with Crippen LogP contribution in [0.2, 0.25) is 0 Å². The molecule has 1 amide bonds. The zero-order chi connectivity index (χ0) is 15.5. The number of hydrogen-bond acceptors (Lipinski definition) is 5. The molecule has 0 aliphatic carbocycles. The fourth-order valence-corrected chi connectivity index (χ4v) is 4.21. The summed E-state index contributed by atoms with van der Waals surface area (Å²) in [7, 11) is 1.88. The standard InChI is InChI=1S/C16H25N3O2S/c1-12-3-4-15(22-12)14(19-7-9-21-10-8-19)11-17-13-5-6-18(2)16(13)20/h3-4,13-14,17H,5-11H2,1-2H3/t13-,14-/m1/s1. The summed E-state index contributed by atoms with van der Waals surface area (Å²) in [6.45, 7) is 7.34. The molecule has 0 bridgehead atoms. The number of likely N-dealkylation sites (N-methyl/N-ethyl adjacent to an activating group) is 1. The van der Waals surface area contributed by atoms with Crippen molar-refractivity contribution < 1.29 is 9.53 Å². The van der Waals surface area contributed by atoms with Crippen molar-refractivity contribution in [2.24, 2.45) is 0 Å². The maximum atomic E-state index is 12.1. The minimum atomic E-state index is -0.0189. The third-order valence-corrected chi connectivity index (χ3v) is 5.66. The van der Waals surface area contributed by atoms with E-state index in [0.29, 0.717) is 6.04 Å². The minimum Gasteiger partial charge on any atom is -0.379 e. The predicted molar refractivity (Wildman–Crippen MR) is 88.2 cm³/mol. The molecule has 0 aromatic carbocycles. The maximum Gasteiger partial charge on any atom is 0.239 e. The van der Waals surface area contributed by atoms with Crippen LogP contribution in [-0.2, 0) is 9.53 Å². The smallest absolute Gasteiger partial charge is 0.239 e. The highest BCUT2D eigenvalue weighted by Gasteiger charge is 2.31. The molecule has 2 atom stereocenters. The molecule has 1 aromatic heterocycles. The summed E-state index contributed by atoms with van der Waals surface area (Å²) in [5.41, 5.74) is 0. The van der Waals surface area contributed by atoms with E-state index in [9.17, 15) is 4.79 Å². The van der Waals surface area contributed by atoms with Crippen LogP contribution >= 0.6 is 11.3 Å². The number of likely N-dealkylation sites (tertiary alicyclic amines) is 1. The number of carbonyl (C=O) groups is 1. The zero-order valence-corrected chi connectivity index (χ0v) is 14.2. The topological polar surface area (TPSA) is 44.8 Å². The zero-order valence-electron chi connectivity index (χ0n) is 13.4. The SMILES string of the molecule is Cc1ccc([C@@H](CN[C@@H]2CCN(C)C2=O)N2CCOCC2)s1. The largest absolute Gasteiger partial charge is 0.379 e. The van der Waals surface area contributed by atoms with Crippen LogP contribution in [0.25, 0.3) is 0 Å². The first-order chi connectivity index (χ1) is 10.6. The summed E-state index contributed by atoms with van der Waals surface area (Å²) in [5.74, 6) is 0.225. The van der Waals surface area contributed by atoms with Crippen molar-refractivity contribution in [2.75, 3.05) is 46.4 Å². The van der Waals surface area contributed by atoms with Gasteiger partial charge < -0.3 is 15.0 Å². The van der Waals surface area contributed by atoms with Crippen LogP contribution in [0.5, 0.6) is 0 Å². The van der Waals surface area contributed by atoms with Gasteiger partial charge in [-0.1, -0.05) is 0 Å². The van der Waals surface area contributed by atoms with Crippen LogP contribution in [0.4, 0.5) is 0 Å². The van der Waals surface area contributed by atoms with Crippen molar-refractivity contribution in [3.63, 3.8) is 0 Å². The van der Waals surface area contributed by atoms with Gasteiger partial charge in [0.05, 0.1) is 25.3 Å². The monoisotopic (exact) mass is 323 g/mol. The molecule has 2 aliphatic heterocycles. The molecule has 0 unspecified atom stereocenters. The number of hydrogen-bond donors (Lipinski definition) is 1. The molecule has 3 heterocycles. The Labute approximate surface area is 136 Å². The third kappa shape index (κ3) is 3.51. The van der Waals surface area contributed by atoms with E-state index in [1.807, 2.05) is 23.3 Å². The Bertz CT molecular complexity index is 513. The molecule has 0 saturated carbocycles. The van der Waals surface area contributed by atoms with Crippen molar-refractivity contribution in [2.45, 2.75) is 25.4 Å². The van der Waals surface area contributed by atoms with E-state index in [1.54, 1.807) is 0 Å². The molecule has 0 radical (unpaired) electrons. The predicted octanol–water partition coefficient (Wildman–Crippen LogP) is 1.25. The lowest BCUT2D eigenvalue weighted by Crippen LogP contribution is -2.46. The van der Waals surface area contributed by atoms with E-state index in [2.05, 4.69) is 29.3 Å². The molecule has 5 nitrogen and oxygen atoms in total. The van der Waals surface area contributed by atoms with E-state index < -0.39 is 0 Å². The summed E-state index contributed by atoms with van der Waals surface area (Å²) in [4.78, 5) is 19.1. The Morgan fingerprint density at radius 2 is 2.14 bits per heavy atom. The van der Waals surface area contributed by atoms with Gasteiger partial charge in [-0.25, -0.2) is 0 Å². The van der Waals surface area contributed by atoms with Crippen molar-refractivity contribution in [3.8, 4) is 0 Å². The number of morpholine rings is 1. The Morgan fingerprint density at radius 3 is 2.73 bits per heavy atom. The first-order valence-corrected chi connectivity index (χ1v) is 8.83. The second-order valence-corrected chi connectivity index (χ2v) is 7.44. The third-order valence-electron chi connectivity index (χ3n) is 4.56. The van der Waals surface area contributed by atoms with Crippen molar-refractivity contribution in [1.29, 1.82) is 0 Å².